The number of hydrogen-bond acceptors (Lipinski definition) is 1. The molecule has 2 aromatic rings. The Morgan fingerprint density at radius 2 is 1.53 bits per heavy atom. The van der Waals surface area contributed by atoms with Gasteiger partial charge in [0.2, 0.25) is 0 Å². The number of rotatable bonds is 3. The first-order chi connectivity index (χ1) is 9.00. The summed E-state index contributed by atoms with van der Waals surface area (Å²) in [7, 11) is 0. The number of hydrogen-bond donors (Lipinski definition) is 1. The van der Waals surface area contributed by atoms with E-state index >= 15 is 0 Å². The maximum atomic E-state index is 10.5. The SMILES string of the molecule is Cc1cccc(C(O)c2ccc(C(C)C)cc2)c1Br. The maximum absolute atomic E-state index is 10.5. The minimum absolute atomic E-state index is 0.511. The standard InChI is InChI=1S/C17H19BrO/c1-11(2)13-7-9-14(10-8-13)17(19)15-6-4-5-12(3)16(15)18/h4-11,17,19H,1-3H3. The Labute approximate surface area is 123 Å². The van der Waals surface area contributed by atoms with Crippen LogP contribution in [-0.2, 0) is 0 Å². The molecule has 0 saturated carbocycles. The van der Waals surface area contributed by atoms with Gasteiger partial charge in [0.1, 0.15) is 6.10 Å². The third-order valence-electron chi connectivity index (χ3n) is 3.44. The van der Waals surface area contributed by atoms with Crippen LogP contribution in [0.3, 0.4) is 0 Å². The van der Waals surface area contributed by atoms with Gasteiger partial charge in [0.15, 0.2) is 0 Å². The fourth-order valence-electron chi connectivity index (χ4n) is 2.12. The van der Waals surface area contributed by atoms with E-state index in [0.717, 1.165) is 21.2 Å². The van der Waals surface area contributed by atoms with Gasteiger partial charge < -0.3 is 5.11 Å². The van der Waals surface area contributed by atoms with Gasteiger partial charge in [0.05, 0.1) is 0 Å². The molecule has 2 heteroatoms. The van der Waals surface area contributed by atoms with Crippen LogP contribution in [-0.4, -0.2) is 5.11 Å². The van der Waals surface area contributed by atoms with Gasteiger partial charge in [-0.3, -0.25) is 0 Å². The summed E-state index contributed by atoms with van der Waals surface area (Å²) < 4.78 is 0.982. The highest BCUT2D eigenvalue weighted by molar-refractivity contribution is 9.10. The van der Waals surface area contributed by atoms with Crippen LogP contribution in [0.1, 0.15) is 48.1 Å². The highest BCUT2D eigenvalue weighted by Gasteiger charge is 2.14. The van der Waals surface area contributed by atoms with Crippen molar-refractivity contribution in [1.29, 1.82) is 0 Å². The third-order valence-corrected chi connectivity index (χ3v) is 4.52. The Hall–Kier alpha value is -1.12. The first-order valence-corrected chi connectivity index (χ1v) is 7.33. The Bertz CT molecular complexity index is 558. The van der Waals surface area contributed by atoms with Crippen LogP contribution < -0.4 is 0 Å². The maximum Gasteiger partial charge on any atom is 0.105 e. The summed E-state index contributed by atoms with van der Waals surface area (Å²) in [5.41, 5.74) is 4.27. The smallest absolute Gasteiger partial charge is 0.105 e. The second-order valence-corrected chi connectivity index (χ2v) is 6.00. The van der Waals surface area contributed by atoms with Crippen LogP contribution in [0.15, 0.2) is 46.9 Å². The second-order valence-electron chi connectivity index (χ2n) is 5.20. The number of benzene rings is 2. The van der Waals surface area contributed by atoms with Crippen LogP contribution in [0.2, 0.25) is 0 Å². The number of aliphatic hydroxyl groups is 1. The van der Waals surface area contributed by atoms with E-state index in [1.165, 1.54) is 5.56 Å². The average Bonchev–Trinajstić information content (AvgIpc) is 2.41. The van der Waals surface area contributed by atoms with Gasteiger partial charge in [0.25, 0.3) is 0 Å². The fourth-order valence-corrected chi connectivity index (χ4v) is 2.61. The second kappa shape index (κ2) is 5.89. The molecule has 1 unspecified atom stereocenters. The van der Waals surface area contributed by atoms with E-state index in [4.69, 9.17) is 0 Å². The first-order valence-electron chi connectivity index (χ1n) is 6.53. The number of aryl methyl sites for hydroxylation is 1. The monoisotopic (exact) mass is 318 g/mol. The van der Waals surface area contributed by atoms with Crippen molar-refractivity contribution in [2.45, 2.75) is 32.8 Å². The molecule has 0 fully saturated rings. The van der Waals surface area contributed by atoms with Crippen molar-refractivity contribution in [2.75, 3.05) is 0 Å². The Balaban J connectivity index is 2.33. The van der Waals surface area contributed by atoms with Gasteiger partial charge >= 0.3 is 0 Å². The van der Waals surface area contributed by atoms with Gasteiger partial charge in [-0.25, -0.2) is 0 Å². The topological polar surface area (TPSA) is 20.2 Å². The molecule has 0 aliphatic heterocycles. The molecule has 1 N–H and O–H groups in total. The molecule has 0 spiro atoms. The van der Waals surface area contributed by atoms with Crippen molar-refractivity contribution in [3.8, 4) is 0 Å². The normalized spacial score (nSPS) is 12.7. The minimum Gasteiger partial charge on any atom is -0.384 e. The van der Waals surface area contributed by atoms with E-state index < -0.39 is 6.10 Å². The van der Waals surface area contributed by atoms with Gasteiger partial charge in [-0.15, -0.1) is 0 Å². The largest absolute Gasteiger partial charge is 0.384 e. The zero-order chi connectivity index (χ0) is 14.0. The number of aliphatic hydroxyl groups excluding tert-OH is 1. The lowest BCUT2D eigenvalue weighted by atomic mass is 9.96. The van der Waals surface area contributed by atoms with Gasteiger partial charge in [-0.2, -0.15) is 0 Å². The molecule has 2 aromatic carbocycles. The van der Waals surface area contributed by atoms with E-state index in [1.54, 1.807) is 0 Å². The van der Waals surface area contributed by atoms with E-state index in [-0.39, 0.29) is 0 Å². The van der Waals surface area contributed by atoms with E-state index in [2.05, 4.69) is 41.9 Å². The molecule has 0 bridgehead atoms. The Kier molecular flexibility index (Phi) is 4.43. The molecule has 0 radical (unpaired) electrons. The molecule has 0 saturated heterocycles. The summed E-state index contributed by atoms with van der Waals surface area (Å²) in [6.07, 6.45) is -0.588. The van der Waals surface area contributed by atoms with Crippen LogP contribution in [0, 0.1) is 6.92 Å². The molecule has 0 heterocycles. The Morgan fingerprint density at radius 1 is 0.947 bits per heavy atom. The molecule has 0 aromatic heterocycles. The molecule has 2 rings (SSSR count). The van der Waals surface area contributed by atoms with E-state index in [1.807, 2.05) is 37.3 Å². The predicted octanol–water partition coefficient (Wildman–Crippen LogP) is 4.96. The molecule has 100 valence electrons. The van der Waals surface area contributed by atoms with Gasteiger partial charge in [-0.05, 0) is 35.1 Å². The van der Waals surface area contributed by atoms with Crippen molar-refractivity contribution in [3.05, 3.63) is 69.2 Å². The number of halogens is 1. The molecule has 0 aliphatic rings. The summed E-state index contributed by atoms with van der Waals surface area (Å²) in [4.78, 5) is 0. The third kappa shape index (κ3) is 3.07. The van der Waals surface area contributed by atoms with Gasteiger partial charge in [-0.1, -0.05) is 72.2 Å². The quantitative estimate of drug-likeness (QED) is 0.847. The summed E-state index contributed by atoms with van der Waals surface area (Å²) in [6, 6.07) is 14.2. The highest BCUT2D eigenvalue weighted by Crippen LogP contribution is 2.31. The van der Waals surface area contributed by atoms with Crippen LogP contribution >= 0.6 is 15.9 Å². The molecular weight excluding hydrogens is 300 g/mol. The lowest BCUT2D eigenvalue weighted by molar-refractivity contribution is 0.219. The summed E-state index contributed by atoms with van der Waals surface area (Å²) in [5, 5.41) is 10.5. The summed E-state index contributed by atoms with van der Waals surface area (Å²) >= 11 is 3.56. The van der Waals surface area contributed by atoms with E-state index in [9.17, 15) is 5.11 Å². The minimum atomic E-state index is -0.588. The molecule has 1 atom stereocenters. The van der Waals surface area contributed by atoms with Crippen molar-refractivity contribution >= 4 is 15.9 Å². The summed E-state index contributed by atoms with van der Waals surface area (Å²) in [6.45, 7) is 6.37. The molecule has 0 aliphatic carbocycles. The predicted molar refractivity (Wildman–Crippen MR) is 83.5 cm³/mol. The average molecular weight is 319 g/mol. The Morgan fingerprint density at radius 3 is 2.11 bits per heavy atom. The zero-order valence-electron chi connectivity index (χ0n) is 11.5. The molecule has 0 amide bonds. The van der Waals surface area contributed by atoms with Gasteiger partial charge in [0, 0.05) is 4.47 Å². The van der Waals surface area contributed by atoms with Crippen molar-refractivity contribution in [2.24, 2.45) is 0 Å². The van der Waals surface area contributed by atoms with Crippen molar-refractivity contribution in [1.82, 2.24) is 0 Å². The lowest BCUT2D eigenvalue weighted by Crippen LogP contribution is -2.02. The van der Waals surface area contributed by atoms with Crippen LogP contribution in [0.25, 0.3) is 0 Å². The molecule has 19 heavy (non-hydrogen) atoms. The summed E-state index contributed by atoms with van der Waals surface area (Å²) in [5.74, 6) is 0.511. The lowest BCUT2D eigenvalue weighted by Gasteiger charge is -2.15. The molecular formula is C17H19BrO. The highest BCUT2D eigenvalue weighted by atomic mass is 79.9. The molecule has 1 nitrogen and oxygen atoms in total. The first kappa shape index (κ1) is 14.3. The van der Waals surface area contributed by atoms with Crippen LogP contribution in [0.4, 0.5) is 0 Å². The fraction of sp³-hybridized carbons (Fsp3) is 0.294. The van der Waals surface area contributed by atoms with Crippen molar-refractivity contribution in [3.63, 3.8) is 0 Å². The van der Waals surface area contributed by atoms with Crippen molar-refractivity contribution < 1.29 is 5.11 Å². The zero-order valence-corrected chi connectivity index (χ0v) is 13.1. The van der Waals surface area contributed by atoms with Crippen LogP contribution in [0.5, 0.6) is 0 Å². The van der Waals surface area contributed by atoms with E-state index in [0.29, 0.717) is 5.92 Å².